The van der Waals surface area contributed by atoms with Gasteiger partial charge in [-0.05, 0) is 6.07 Å². The first-order valence-electron chi connectivity index (χ1n) is 6.43. The molecule has 1 N–H and O–H groups in total. The van der Waals surface area contributed by atoms with Crippen LogP contribution in [0.4, 0.5) is 24.5 Å². The lowest BCUT2D eigenvalue weighted by atomic mass is 10.2. The van der Waals surface area contributed by atoms with Crippen molar-refractivity contribution in [3.63, 3.8) is 0 Å². The third-order valence-electron chi connectivity index (χ3n) is 2.86. The maximum Gasteiger partial charge on any atom is 0.435 e. The normalized spacial score (nSPS) is 11.2. The van der Waals surface area contributed by atoms with Gasteiger partial charge in [-0.3, -0.25) is 19.6 Å². The summed E-state index contributed by atoms with van der Waals surface area (Å²) in [4.78, 5) is 22.0. The predicted octanol–water partition coefficient (Wildman–Crippen LogP) is 2.46. The van der Waals surface area contributed by atoms with Crippen LogP contribution < -0.4 is 10.1 Å². The van der Waals surface area contributed by atoms with Crippen molar-refractivity contribution in [1.82, 2.24) is 9.78 Å². The van der Waals surface area contributed by atoms with Crippen molar-refractivity contribution < 1.29 is 27.6 Å². The molecule has 0 radical (unpaired) electrons. The molecule has 0 saturated carbocycles. The second kappa shape index (κ2) is 6.56. The highest BCUT2D eigenvalue weighted by molar-refractivity contribution is 5.91. The van der Waals surface area contributed by atoms with E-state index in [2.05, 4.69) is 10.4 Å². The fourth-order valence-electron chi connectivity index (χ4n) is 1.83. The van der Waals surface area contributed by atoms with E-state index in [4.69, 9.17) is 4.74 Å². The van der Waals surface area contributed by atoms with E-state index in [-0.39, 0.29) is 17.1 Å². The minimum absolute atomic E-state index is 0.0780. The van der Waals surface area contributed by atoms with E-state index in [1.807, 2.05) is 0 Å². The molecular formula is C13H11F3N4O4. The van der Waals surface area contributed by atoms with Crippen molar-refractivity contribution in [2.24, 2.45) is 0 Å². The van der Waals surface area contributed by atoms with Gasteiger partial charge in [-0.15, -0.1) is 0 Å². The van der Waals surface area contributed by atoms with Crippen LogP contribution in [-0.4, -0.2) is 27.7 Å². The van der Waals surface area contributed by atoms with E-state index in [1.54, 1.807) is 0 Å². The number of methoxy groups -OCH3 is 1. The first kappa shape index (κ1) is 17.2. The summed E-state index contributed by atoms with van der Waals surface area (Å²) in [6.45, 7) is -0.485. The molecule has 0 atom stereocenters. The van der Waals surface area contributed by atoms with Crippen molar-refractivity contribution in [2.75, 3.05) is 12.4 Å². The van der Waals surface area contributed by atoms with Crippen molar-refractivity contribution >= 4 is 17.3 Å². The molecule has 0 aliphatic carbocycles. The van der Waals surface area contributed by atoms with Gasteiger partial charge in [-0.1, -0.05) is 0 Å². The van der Waals surface area contributed by atoms with Crippen LogP contribution in [0.15, 0.2) is 30.5 Å². The molecule has 8 nitrogen and oxygen atoms in total. The molecular weight excluding hydrogens is 333 g/mol. The number of carbonyl (C=O) groups is 1. The molecule has 0 unspecified atom stereocenters. The lowest BCUT2D eigenvalue weighted by Gasteiger charge is -2.08. The second-order valence-corrected chi connectivity index (χ2v) is 4.62. The van der Waals surface area contributed by atoms with E-state index >= 15 is 0 Å². The number of nitro groups is 1. The van der Waals surface area contributed by atoms with Crippen molar-refractivity contribution in [3.05, 3.63) is 46.3 Å². The smallest absolute Gasteiger partial charge is 0.435 e. The Balaban J connectivity index is 2.11. The van der Waals surface area contributed by atoms with Crippen LogP contribution in [0.1, 0.15) is 5.69 Å². The summed E-state index contributed by atoms with van der Waals surface area (Å²) in [5.74, 6) is -0.549. The average Bonchev–Trinajstić information content (AvgIpc) is 2.95. The Morgan fingerprint density at radius 1 is 1.42 bits per heavy atom. The molecule has 0 spiro atoms. The highest BCUT2D eigenvalue weighted by Gasteiger charge is 2.33. The summed E-state index contributed by atoms with van der Waals surface area (Å²) in [6, 6.07) is 4.35. The standard InChI is InChI=1S/C13H11F3N4O4/c1-24-10-5-8(4-9(6-10)20(22)23)17-12(21)7-19-3-2-11(18-19)13(14,15)16/h2-6H,7H2,1H3,(H,17,21). The third kappa shape index (κ3) is 4.21. The van der Waals surface area contributed by atoms with Crippen LogP contribution in [0, 0.1) is 10.1 Å². The Bertz CT molecular complexity index is 773. The van der Waals surface area contributed by atoms with Gasteiger partial charge in [0.2, 0.25) is 5.91 Å². The molecule has 1 amide bonds. The van der Waals surface area contributed by atoms with Crippen molar-refractivity contribution in [1.29, 1.82) is 0 Å². The molecule has 1 heterocycles. The van der Waals surface area contributed by atoms with E-state index < -0.39 is 29.2 Å². The number of anilines is 1. The summed E-state index contributed by atoms with van der Waals surface area (Å²) < 4.78 is 43.0. The van der Waals surface area contributed by atoms with Gasteiger partial charge in [-0.25, -0.2) is 0 Å². The summed E-state index contributed by atoms with van der Waals surface area (Å²) in [5, 5.41) is 16.4. The van der Waals surface area contributed by atoms with Gasteiger partial charge in [0.15, 0.2) is 5.69 Å². The van der Waals surface area contributed by atoms with Crippen LogP contribution in [-0.2, 0) is 17.5 Å². The Hall–Kier alpha value is -3.11. The van der Waals surface area contributed by atoms with Gasteiger partial charge in [0.05, 0.1) is 23.8 Å². The molecule has 0 aliphatic rings. The minimum Gasteiger partial charge on any atom is -0.496 e. The number of halogens is 3. The van der Waals surface area contributed by atoms with E-state index in [1.165, 1.54) is 19.2 Å². The number of ether oxygens (including phenoxy) is 1. The highest BCUT2D eigenvalue weighted by Crippen LogP contribution is 2.27. The number of nitro benzene ring substituents is 1. The molecule has 128 valence electrons. The molecule has 1 aromatic heterocycles. The Kier molecular flexibility index (Phi) is 4.71. The zero-order valence-electron chi connectivity index (χ0n) is 12.2. The minimum atomic E-state index is -4.60. The predicted molar refractivity (Wildman–Crippen MR) is 75.5 cm³/mol. The lowest BCUT2D eigenvalue weighted by molar-refractivity contribution is -0.384. The topological polar surface area (TPSA) is 99.3 Å². The molecule has 0 bridgehead atoms. The quantitative estimate of drug-likeness (QED) is 0.663. The molecule has 2 aromatic rings. The number of hydrogen-bond donors (Lipinski definition) is 1. The summed E-state index contributed by atoms with van der Waals surface area (Å²) in [6.07, 6.45) is -3.59. The molecule has 1 aromatic carbocycles. The number of amides is 1. The maximum absolute atomic E-state index is 12.4. The molecule has 0 aliphatic heterocycles. The summed E-state index contributed by atoms with van der Waals surface area (Å²) >= 11 is 0. The van der Waals surface area contributed by atoms with Crippen LogP contribution in [0.3, 0.4) is 0 Å². The summed E-state index contributed by atoms with van der Waals surface area (Å²) in [7, 11) is 1.30. The number of aromatic nitrogens is 2. The first-order chi connectivity index (χ1) is 11.2. The number of nitrogens with one attached hydrogen (secondary N) is 1. The number of rotatable bonds is 5. The molecule has 2 rings (SSSR count). The van der Waals surface area contributed by atoms with Crippen molar-refractivity contribution in [2.45, 2.75) is 12.7 Å². The molecule has 0 saturated heterocycles. The first-order valence-corrected chi connectivity index (χ1v) is 6.43. The fourth-order valence-corrected chi connectivity index (χ4v) is 1.83. The van der Waals surface area contributed by atoms with E-state index in [0.717, 1.165) is 23.0 Å². The van der Waals surface area contributed by atoms with E-state index in [0.29, 0.717) is 0 Å². The van der Waals surface area contributed by atoms with Crippen molar-refractivity contribution in [3.8, 4) is 5.75 Å². The lowest BCUT2D eigenvalue weighted by Crippen LogP contribution is -2.19. The van der Waals surface area contributed by atoms with Crippen LogP contribution >= 0.6 is 0 Å². The zero-order chi connectivity index (χ0) is 17.9. The molecule has 0 fully saturated rings. The van der Waals surface area contributed by atoms with Gasteiger partial charge < -0.3 is 10.1 Å². The van der Waals surface area contributed by atoms with Crippen LogP contribution in [0.25, 0.3) is 0 Å². The number of non-ortho nitro benzene ring substituents is 1. The number of nitrogens with zero attached hydrogens (tertiary/aromatic N) is 3. The van der Waals surface area contributed by atoms with Gasteiger partial charge in [0.1, 0.15) is 12.3 Å². The largest absolute Gasteiger partial charge is 0.496 e. The van der Waals surface area contributed by atoms with Gasteiger partial charge >= 0.3 is 6.18 Å². The second-order valence-electron chi connectivity index (χ2n) is 4.62. The maximum atomic E-state index is 12.4. The Morgan fingerprint density at radius 3 is 2.67 bits per heavy atom. The molecule has 11 heteroatoms. The van der Waals surface area contributed by atoms with E-state index in [9.17, 15) is 28.1 Å². The zero-order valence-corrected chi connectivity index (χ0v) is 12.2. The third-order valence-corrected chi connectivity index (χ3v) is 2.86. The fraction of sp³-hybridized carbons (Fsp3) is 0.231. The Labute approximate surface area is 133 Å². The van der Waals surface area contributed by atoms with Crippen LogP contribution in [0.2, 0.25) is 0 Å². The van der Waals surface area contributed by atoms with Crippen LogP contribution in [0.5, 0.6) is 5.75 Å². The molecule has 24 heavy (non-hydrogen) atoms. The highest BCUT2D eigenvalue weighted by atomic mass is 19.4. The Morgan fingerprint density at radius 2 is 2.12 bits per heavy atom. The average molecular weight is 344 g/mol. The monoisotopic (exact) mass is 344 g/mol. The van der Waals surface area contributed by atoms with Gasteiger partial charge in [0.25, 0.3) is 5.69 Å². The number of carbonyl (C=O) groups excluding carboxylic acids is 1. The summed E-state index contributed by atoms with van der Waals surface area (Å²) in [5.41, 5.74) is -1.34. The number of benzene rings is 1. The SMILES string of the molecule is COc1cc(NC(=O)Cn2ccc(C(F)(F)F)n2)cc([N+](=O)[O-])c1. The number of hydrogen-bond acceptors (Lipinski definition) is 5. The van der Waals surface area contributed by atoms with Gasteiger partial charge in [0, 0.05) is 18.3 Å². The van der Waals surface area contributed by atoms with Gasteiger partial charge in [-0.2, -0.15) is 18.3 Å². The number of alkyl halides is 3.